The summed E-state index contributed by atoms with van der Waals surface area (Å²) < 4.78 is 78.7. The van der Waals surface area contributed by atoms with E-state index < -0.39 is 24.4 Å². The first-order chi connectivity index (χ1) is 12.4. The highest BCUT2D eigenvalue weighted by atomic mass is 32.2. The van der Waals surface area contributed by atoms with Crippen LogP contribution in [0.3, 0.4) is 0 Å². The lowest BCUT2D eigenvalue weighted by Crippen LogP contribution is -2.46. The van der Waals surface area contributed by atoms with Crippen LogP contribution in [0.25, 0.3) is 0 Å². The summed E-state index contributed by atoms with van der Waals surface area (Å²) in [5, 5.41) is 0. The Morgan fingerprint density at radius 1 is 1.15 bits per heavy atom. The van der Waals surface area contributed by atoms with E-state index >= 15 is 0 Å². The Morgan fingerprint density at radius 3 is 1.89 bits per heavy atom. The second kappa shape index (κ2) is 12.0. The minimum Gasteiger partial charge on any atom is -0.741 e. The molecule has 0 aromatic rings. The topological polar surface area (TPSA) is 91.1 Å². The molecule has 0 aromatic heterocycles. The number of hydrogen-bond donors (Lipinski definition) is 0. The van der Waals surface area contributed by atoms with Crippen molar-refractivity contribution in [3.63, 3.8) is 0 Å². The second-order valence-corrected chi connectivity index (χ2v) is 9.72. The molecule has 0 N–H and O–H groups in total. The molecule has 1 aliphatic rings. The maximum Gasteiger partial charge on any atom is 0.501 e. The molecule has 0 spiro atoms. The fraction of sp³-hybridized carbons (Fsp3) is 0.929. The van der Waals surface area contributed by atoms with Gasteiger partial charge in [-0.1, -0.05) is 0 Å². The smallest absolute Gasteiger partial charge is 0.501 e. The van der Waals surface area contributed by atoms with Gasteiger partial charge in [-0.25, -0.2) is 8.42 Å². The van der Waals surface area contributed by atoms with Gasteiger partial charge in [-0.2, -0.15) is 13.2 Å². The SMILES string of the molecule is CCO[Si](CCCN1C=[N+](C)CC1)(OCC)OCC.O=S(=O)([O-])C(F)(F)F. The van der Waals surface area contributed by atoms with E-state index in [0.29, 0.717) is 19.8 Å². The van der Waals surface area contributed by atoms with Gasteiger partial charge in [0, 0.05) is 25.9 Å². The maximum atomic E-state index is 10.7. The minimum absolute atomic E-state index is 0.658. The van der Waals surface area contributed by atoms with E-state index in [2.05, 4.69) is 22.9 Å². The van der Waals surface area contributed by atoms with Crippen molar-refractivity contribution in [2.45, 2.75) is 38.7 Å². The Kier molecular flexibility index (Phi) is 11.6. The van der Waals surface area contributed by atoms with E-state index in [-0.39, 0.29) is 0 Å². The summed E-state index contributed by atoms with van der Waals surface area (Å²) in [6.07, 6.45) is 3.24. The molecule has 0 saturated carbocycles. The van der Waals surface area contributed by atoms with Crippen molar-refractivity contribution in [2.75, 3.05) is 46.5 Å². The van der Waals surface area contributed by atoms with Crippen LogP contribution in [0.2, 0.25) is 6.04 Å². The fourth-order valence-electron chi connectivity index (χ4n) is 2.35. The summed E-state index contributed by atoms with van der Waals surface area (Å²) in [5.74, 6) is 0. The molecule has 8 nitrogen and oxygen atoms in total. The van der Waals surface area contributed by atoms with E-state index in [1.54, 1.807) is 0 Å². The number of alkyl halides is 3. The lowest BCUT2D eigenvalue weighted by molar-refractivity contribution is -0.482. The van der Waals surface area contributed by atoms with Gasteiger partial charge >= 0.3 is 14.3 Å². The van der Waals surface area contributed by atoms with Crippen molar-refractivity contribution in [3.8, 4) is 0 Å². The van der Waals surface area contributed by atoms with E-state index in [4.69, 9.17) is 26.2 Å². The first kappa shape index (κ1) is 26.3. The maximum absolute atomic E-state index is 10.7. The largest absolute Gasteiger partial charge is 0.741 e. The fourth-order valence-corrected chi connectivity index (χ4v) is 4.94. The zero-order valence-electron chi connectivity index (χ0n) is 16.1. The number of likely N-dealkylation sites (N-methyl/N-ethyl adjacent to an activating group) is 1. The third-order valence-electron chi connectivity index (χ3n) is 3.40. The van der Waals surface area contributed by atoms with Gasteiger partial charge < -0.3 is 17.8 Å². The van der Waals surface area contributed by atoms with Gasteiger partial charge in [0.1, 0.15) is 13.1 Å². The van der Waals surface area contributed by atoms with Crippen molar-refractivity contribution in [3.05, 3.63) is 0 Å². The highest BCUT2D eigenvalue weighted by molar-refractivity contribution is 7.86. The van der Waals surface area contributed by atoms with Crippen LogP contribution in [0.1, 0.15) is 27.2 Å². The first-order valence-corrected chi connectivity index (χ1v) is 12.0. The summed E-state index contributed by atoms with van der Waals surface area (Å²) in [4.78, 5) is 2.35. The molecule has 0 aliphatic carbocycles. The van der Waals surface area contributed by atoms with Crippen LogP contribution in [-0.2, 0) is 23.4 Å². The minimum atomic E-state index is -6.09. The molecule has 27 heavy (non-hydrogen) atoms. The van der Waals surface area contributed by atoms with Crippen LogP contribution in [0, 0.1) is 0 Å². The van der Waals surface area contributed by atoms with Crippen molar-refractivity contribution in [2.24, 2.45) is 0 Å². The standard InChI is InChI=1S/C13H29N2O3Si.CHF3O3S/c1-5-16-19(17-6-2,18-7-3)12-8-9-15-11-10-14(4)13-15;2-1(3,4)8(5,6)7/h13H,5-12H2,1-4H3;(H,5,6,7)/q+1;/p-1. The van der Waals surface area contributed by atoms with Crippen LogP contribution < -0.4 is 0 Å². The van der Waals surface area contributed by atoms with Crippen LogP contribution in [-0.4, -0.2) is 89.6 Å². The van der Waals surface area contributed by atoms with E-state index in [1.807, 2.05) is 20.8 Å². The van der Waals surface area contributed by atoms with Gasteiger partial charge in [0.15, 0.2) is 10.1 Å². The average molecular weight is 439 g/mol. The normalized spacial score (nSPS) is 15.4. The third-order valence-corrected chi connectivity index (χ3v) is 7.12. The van der Waals surface area contributed by atoms with Gasteiger partial charge in [0.05, 0.1) is 13.6 Å². The van der Waals surface area contributed by atoms with Gasteiger partial charge in [0.25, 0.3) is 0 Å². The van der Waals surface area contributed by atoms with Crippen LogP contribution in [0.15, 0.2) is 0 Å². The van der Waals surface area contributed by atoms with Crippen molar-refractivity contribution in [1.29, 1.82) is 0 Å². The summed E-state index contributed by atoms with van der Waals surface area (Å²) in [7, 11) is -6.42. The van der Waals surface area contributed by atoms with Crippen molar-refractivity contribution in [1.82, 2.24) is 4.90 Å². The van der Waals surface area contributed by atoms with E-state index in [0.717, 1.165) is 32.1 Å². The molecule has 0 fully saturated rings. The lowest BCUT2D eigenvalue weighted by atomic mass is 10.4. The number of hydrogen-bond acceptors (Lipinski definition) is 7. The molecule has 0 radical (unpaired) electrons. The Labute approximate surface area is 160 Å². The Morgan fingerprint density at radius 2 is 1.59 bits per heavy atom. The molecular formula is C14H29F3N2O6SSi. The molecule has 1 heterocycles. The first-order valence-electron chi connectivity index (χ1n) is 8.64. The van der Waals surface area contributed by atoms with Crippen molar-refractivity contribution < 1.29 is 44.0 Å². The summed E-state index contributed by atoms with van der Waals surface area (Å²) >= 11 is 0. The van der Waals surface area contributed by atoms with Gasteiger partial charge in [0.2, 0.25) is 6.34 Å². The quantitative estimate of drug-likeness (QED) is 0.221. The summed E-state index contributed by atoms with van der Waals surface area (Å²) in [6.45, 7) is 11.3. The Hall–Kier alpha value is -0.733. The van der Waals surface area contributed by atoms with E-state index in [9.17, 15) is 13.2 Å². The molecule has 0 amide bonds. The van der Waals surface area contributed by atoms with Gasteiger partial charge in [-0.05, 0) is 27.2 Å². The molecule has 0 atom stereocenters. The molecule has 0 aromatic carbocycles. The number of halogens is 3. The molecule has 1 rings (SSSR count). The lowest BCUT2D eigenvalue weighted by Gasteiger charge is -2.28. The predicted octanol–water partition coefficient (Wildman–Crippen LogP) is 1.46. The second-order valence-electron chi connectivity index (χ2n) is 5.62. The molecule has 0 unspecified atom stereocenters. The highest BCUT2D eigenvalue weighted by Gasteiger charge is 2.40. The molecular weight excluding hydrogens is 409 g/mol. The van der Waals surface area contributed by atoms with Crippen LogP contribution in [0.4, 0.5) is 13.2 Å². The molecule has 0 saturated heterocycles. The van der Waals surface area contributed by atoms with Crippen LogP contribution >= 0.6 is 0 Å². The Bertz CT molecular complexity index is 543. The molecule has 0 bridgehead atoms. The molecule has 13 heteroatoms. The highest BCUT2D eigenvalue weighted by Crippen LogP contribution is 2.20. The monoisotopic (exact) mass is 438 g/mol. The van der Waals surface area contributed by atoms with Crippen molar-refractivity contribution >= 4 is 25.3 Å². The zero-order chi connectivity index (χ0) is 21.1. The van der Waals surface area contributed by atoms with Gasteiger partial charge in [-0.3, -0.25) is 9.48 Å². The molecule has 1 aliphatic heterocycles. The van der Waals surface area contributed by atoms with Crippen LogP contribution in [0.5, 0.6) is 0 Å². The Balaban J connectivity index is 0.000000713. The predicted molar refractivity (Wildman–Crippen MR) is 94.5 cm³/mol. The third kappa shape index (κ3) is 10.4. The van der Waals surface area contributed by atoms with E-state index in [1.165, 1.54) is 0 Å². The number of nitrogens with zero attached hydrogens (tertiary/aromatic N) is 2. The summed E-state index contributed by atoms with van der Waals surface area (Å²) in [5.41, 5.74) is -5.65. The van der Waals surface area contributed by atoms with Gasteiger partial charge in [-0.15, -0.1) is 0 Å². The zero-order valence-corrected chi connectivity index (χ0v) is 17.9. The average Bonchev–Trinajstić information content (AvgIpc) is 2.92. The molecule has 162 valence electrons. The summed E-state index contributed by atoms with van der Waals surface area (Å²) in [6, 6.07) is 0.899. The number of rotatable bonds is 10.